The first-order valence-corrected chi connectivity index (χ1v) is 9.29. The Balaban J connectivity index is 2.47. The Hall–Kier alpha value is -2.57. The van der Waals surface area contributed by atoms with Gasteiger partial charge in [-0.15, -0.1) is 0 Å². The molecule has 0 aromatic heterocycles. The molecular weight excluding hydrogens is 364 g/mol. The van der Waals surface area contributed by atoms with Gasteiger partial charge in [0.15, 0.2) is 5.96 Å². The summed E-state index contributed by atoms with van der Waals surface area (Å²) in [6, 6.07) is -1.82. The second kappa shape index (κ2) is 12.0. The van der Waals surface area contributed by atoms with Crippen LogP contribution < -0.4 is 39.3 Å². The van der Waals surface area contributed by atoms with E-state index in [9.17, 15) is 9.59 Å². The lowest BCUT2D eigenvalue weighted by molar-refractivity contribution is -0.121. The number of aliphatic imine (C=N–C) groups is 3. The number of hydrogen-bond acceptors (Lipinski definition) is 8. The highest BCUT2D eigenvalue weighted by atomic mass is 16.2. The molecule has 1 aliphatic rings. The summed E-state index contributed by atoms with van der Waals surface area (Å²) in [5.74, 6) is -0.345. The van der Waals surface area contributed by atoms with Gasteiger partial charge >= 0.3 is 0 Å². The number of nitrogens with zero attached hydrogens (tertiary/aromatic N) is 3. The first kappa shape index (κ1) is 23.5. The minimum absolute atomic E-state index is 0.00432. The van der Waals surface area contributed by atoms with Gasteiger partial charge in [-0.1, -0.05) is 6.42 Å². The first-order valence-electron chi connectivity index (χ1n) is 9.29. The highest BCUT2D eigenvalue weighted by Crippen LogP contribution is 2.05. The van der Waals surface area contributed by atoms with E-state index >= 15 is 0 Å². The molecule has 12 heteroatoms. The molecule has 1 heterocycles. The van der Waals surface area contributed by atoms with E-state index in [1.165, 1.54) is 0 Å². The summed E-state index contributed by atoms with van der Waals surface area (Å²) in [7, 11) is 0. The molecule has 0 aromatic carbocycles. The number of carbonyl (C=O) groups excluding carboxylic acids is 2. The van der Waals surface area contributed by atoms with Crippen LogP contribution in [0.1, 0.15) is 39.0 Å². The van der Waals surface area contributed by atoms with Crippen LogP contribution in [-0.4, -0.2) is 60.8 Å². The standard InChI is InChI=1S/C16H32N10O2/c1-9-12(24-13(27)10(18)5-2-3-7-17)25-16(23-9)26-14(28)11(19)6-4-8-22-15(20)21/h9-11H,2-8,17-19H2,1H3,(H4,20,21,22)(H2,23,24,25,26,27,28)/t9?,10-,11-/m0/s1. The number of nitrogens with two attached hydrogens (primary N) is 5. The summed E-state index contributed by atoms with van der Waals surface area (Å²) in [4.78, 5) is 36.4. The van der Waals surface area contributed by atoms with Crippen molar-refractivity contribution in [2.24, 2.45) is 43.6 Å². The molecule has 0 radical (unpaired) electrons. The van der Waals surface area contributed by atoms with Crippen molar-refractivity contribution < 1.29 is 9.59 Å². The predicted molar refractivity (Wildman–Crippen MR) is 109 cm³/mol. The third-order valence-corrected chi connectivity index (χ3v) is 4.03. The maximum atomic E-state index is 12.1. The van der Waals surface area contributed by atoms with Crippen LogP contribution >= 0.6 is 0 Å². The monoisotopic (exact) mass is 396 g/mol. The number of hydrogen-bond donors (Lipinski definition) is 7. The Morgan fingerprint density at radius 1 is 1.07 bits per heavy atom. The molecule has 1 unspecified atom stereocenters. The van der Waals surface area contributed by atoms with Gasteiger partial charge in [0.2, 0.25) is 17.8 Å². The molecule has 12 nitrogen and oxygen atoms in total. The minimum Gasteiger partial charge on any atom is -0.370 e. The van der Waals surface area contributed by atoms with Crippen LogP contribution in [0.15, 0.2) is 15.0 Å². The molecule has 2 amide bonds. The topological polar surface area (TPSA) is 225 Å². The molecule has 28 heavy (non-hydrogen) atoms. The summed E-state index contributed by atoms with van der Waals surface area (Å²) in [5, 5.41) is 5.21. The molecule has 158 valence electrons. The Morgan fingerprint density at radius 3 is 2.29 bits per heavy atom. The van der Waals surface area contributed by atoms with E-state index in [2.05, 4.69) is 25.6 Å². The number of carbonyl (C=O) groups is 2. The normalized spacial score (nSPS) is 17.9. The van der Waals surface area contributed by atoms with Crippen LogP contribution in [0.25, 0.3) is 0 Å². The average Bonchev–Trinajstić information content (AvgIpc) is 2.97. The molecular formula is C16H32N10O2. The number of unbranched alkanes of at least 4 members (excludes halogenated alkanes) is 1. The van der Waals surface area contributed by atoms with Gasteiger partial charge in [0.05, 0.1) is 12.1 Å². The lowest BCUT2D eigenvalue weighted by Crippen LogP contribution is -2.45. The van der Waals surface area contributed by atoms with Gasteiger partial charge in [-0.3, -0.25) is 19.9 Å². The zero-order chi connectivity index (χ0) is 21.1. The summed E-state index contributed by atoms with van der Waals surface area (Å²) in [5.41, 5.74) is 27.6. The fourth-order valence-corrected chi connectivity index (χ4v) is 2.39. The van der Waals surface area contributed by atoms with Crippen LogP contribution in [0.3, 0.4) is 0 Å². The smallest absolute Gasteiger partial charge is 0.243 e. The van der Waals surface area contributed by atoms with Crippen molar-refractivity contribution in [2.45, 2.75) is 57.2 Å². The highest BCUT2D eigenvalue weighted by Gasteiger charge is 2.25. The fourth-order valence-electron chi connectivity index (χ4n) is 2.39. The lowest BCUT2D eigenvalue weighted by atomic mass is 10.1. The summed E-state index contributed by atoms with van der Waals surface area (Å²) < 4.78 is 0. The molecule has 0 fully saturated rings. The van der Waals surface area contributed by atoms with Crippen LogP contribution in [0, 0.1) is 0 Å². The van der Waals surface area contributed by atoms with Gasteiger partial charge in [-0.05, 0) is 39.2 Å². The quantitative estimate of drug-likeness (QED) is 0.116. The molecule has 12 N–H and O–H groups in total. The van der Waals surface area contributed by atoms with Crippen molar-refractivity contribution in [1.82, 2.24) is 10.6 Å². The summed E-state index contributed by atoms with van der Waals surface area (Å²) >= 11 is 0. The van der Waals surface area contributed by atoms with E-state index in [1.54, 1.807) is 6.92 Å². The average molecular weight is 397 g/mol. The molecule has 0 aliphatic carbocycles. The number of amidine groups is 1. The SMILES string of the molecule is CC1N=C(NC(=O)[C@@H](N)CCCN=C(N)N)N=C1NC(=O)[C@@H](N)CCCCN. The van der Waals surface area contributed by atoms with E-state index in [-0.39, 0.29) is 17.8 Å². The van der Waals surface area contributed by atoms with Crippen LogP contribution in [0.4, 0.5) is 0 Å². The number of amides is 2. The number of rotatable bonds is 10. The Bertz CT molecular complexity index is 627. The van der Waals surface area contributed by atoms with Crippen LogP contribution in [0.5, 0.6) is 0 Å². The van der Waals surface area contributed by atoms with Crippen LogP contribution in [-0.2, 0) is 9.59 Å². The third kappa shape index (κ3) is 8.41. The van der Waals surface area contributed by atoms with Crippen molar-refractivity contribution >= 4 is 29.6 Å². The molecule has 1 aliphatic heterocycles. The second-order valence-corrected chi connectivity index (χ2v) is 6.55. The maximum absolute atomic E-state index is 12.1. The van der Waals surface area contributed by atoms with E-state index < -0.39 is 24.0 Å². The van der Waals surface area contributed by atoms with Crippen molar-refractivity contribution in [2.75, 3.05) is 13.1 Å². The van der Waals surface area contributed by atoms with Crippen molar-refractivity contribution in [3.05, 3.63) is 0 Å². The second-order valence-electron chi connectivity index (χ2n) is 6.55. The Kier molecular flexibility index (Phi) is 10.1. The summed E-state index contributed by atoms with van der Waals surface area (Å²) in [6.45, 7) is 2.69. The zero-order valence-corrected chi connectivity index (χ0v) is 16.2. The van der Waals surface area contributed by atoms with E-state index in [0.29, 0.717) is 38.2 Å². The Labute approximate surface area is 164 Å². The largest absolute Gasteiger partial charge is 0.370 e. The van der Waals surface area contributed by atoms with Crippen LogP contribution in [0.2, 0.25) is 0 Å². The molecule has 0 spiro atoms. The molecule has 0 aromatic rings. The lowest BCUT2D eigenvalue weighted by Gasteiger charge is -2.13. The zero-order valence-electron chi connectivity index (χ0n) is 16.2. The van der Waals surface area contributed by atoms with E-state index in [0.717, 1.165) is 12.8 Å². The van der Waals surface area contributed by atoms with E-state index in [1.807, 2.05) is 0 Å². The van der Waals surface area contributed by atoms with Gasteiger partial charge in [0.1, 0.15) is 11.9 Å². The molecule has 1 rings (SSSR count). The maximum Gasteiger partial charge on any atom is 0.243 e. The van der Waals surface area contributed by atoms with Gasteiger partial charge in [0.25, 0.3) is 0 Å². The Morgan fingerprint density at radius 2 is 1.68 bits per heavy atom. The van der Waals surface area contributed by atoms with Crippen molar-refractivity contribution in [1.29, 1.82) is 0 Å². The van der Waals surface area contributed by atoms with Gasteiger partial charge in [-0.2, -0.15) is 4.99 Å². The minimum atomic E-state index is -0.753. The molecule has 0 saturated carbocycles. The van der Waals surface area contributed by atoms with E-state index in [4.69, 9.17) is 28.7 Å². The molecule has 0 bridgehead atoms. The molecule has 0 saturated heterocycles. The number of guanidine groups is 2. The van der Waals surface area contributed by atoms with Crippen molar-refractivity contribution in [3.8, 4) is 0 Å². The molecule has 3 atom stereocenters. The number of nitrogens with one attached hydrogen (secondary N) is 2. The van der Waals surface area contributed by atoms with Gasteiger partial charge < -0.3 is 34.0 Å². The van der Waals surface area contributed by atoms with Gasteiger partial charge in [0, 0.05) is 6.54 Å². The van der Waals surface area contributed by atoms with Crippen molar-refractivity contribution in [3.63, 3.8) is 0 Å². The predicted octanol–water partition coefficient (Wildman–Crippen LogP) is -2.79. The van der Waals surface area contributed by atoms with Gasteiger partial charge in [-0.25, -0.2) is 4.99 Å². The first-order chi connectivity index (χ1) is 13.2. The highest BCUT2D eigenvalue weighted by molar-refractivity contribution is 6.13. The summed E-state index contributed by atoms with van der Waals surface area (Å²) in [6.07, 6.45) is 3.07. The fraction of sp³-hybridized carbons (Fsp3) is 0.688. The third-order valence-electron chi connectivity index (χ3n) is 4.03.